The first kappa shape index (κ1) is 19.6. The van der Waals surface area contributed by atoms with Crippen LogP contribution in [0, 0.1) is 0 Å². The van der Waals surface area contributed by atoms with Gasteiger partial charge >= 0.3 is 0 Å². The van der Waals surface area contributed by atoms with Crippen molar-refractivity contribution in [3.8, 4) is 5.75 Å². The van der Waals surface area contributed by atoms with E-state index in [2.05, 4.69) is 5.32 Å². The topological polar surface area (TPSA) is 73.6 Å². The molecule has 1 amide bonds. The molecule has 0 spiro atoms. The van der Waals surface area contributed by atoms with Crippen molar-refractivity contribution in [1.29, 1.82) is 0 Å². The number of halogens is 3. The van der Waals surface area contributed by atoms with E-state index in [0.717, 1.165) is 0 Å². The lowest BCUT2D eigenvalue weighted by molar-refractivity contribution is 0.0118. The fraction of sp³-hybridized carbons (Fsp3) is 0.462. The maximum Gasteiger partial charge on any atom is 0.277 e. The lowest BCUT2D eigenvalue weighted by atomic mass is 10.2. The van der Waals surface area contributed by atoms with Crippen molar-refractivity contribution in [3.63, 3.8) is 0 Å². The summed E-state index contributed by atoms with van der Waals surface area (Å²) < 4.78 is 36.0. The number of carbonyl (C=O) groups excluding carboxylic acids is 1. The fourth-order valence-corrected chi connectivity index (χ4v) is 1.35. The highest BCUT2D eigenvalue weighted by atomic mass is 35.5. The molecule has 0 unspecified atom stereocenters. The molecule has 1 aromatic carbocycles. The number of nitrogens with two attached hydrogens (primary N) is 1. The lowest BCUT2D eigenvalue weighted by Gasteiger charge is -2.14. The maximum absolute atomic E-state index is 12.9. The summed E-state index contributed by atoms with van der Waals surface area (Å²) in [6, 6.07) is 6.27. The molecule has 1 rings (SSSR count). The second-order valence-electron chi connectivity index (χ2n) is 4.11. The van der Waals surface area contributed by atoms with Gasteiger partial charge in [0, 0.05) is 12.7 Å². The zero-order chi connectivity index (χ0) is 15.0. The smallest absolute Gasteiger partial charge is 0.277 e. The molecule has 21 heavy (non-hydrogen) atoms. The molecule has 1 aromatic rings. The van der Waals surface area contributed by atoms with Crippen LogP contribution in [0.2, 0.25) is 0 Å². The number of benzene rings is 1. The minimum Gasteiger partial charge on any atom is -0.491 e. The third-order valence-corrected chi connectivity index (χ3v) is 2.46. The van der Waals surface area contributed by atoms with Crippen molar-refractivity contribution < 1.29 is 23.0 Å². The first-order chi connectivity index (χ1) is 9.48. The Morgan fingerprint density at radius 2 is 2.10 bits per heavy atom. The number of hydrogen-bond acceptors (Lipinski definition) is 4. The van der Waals surface area contributed by atoms with E-state index >= 15 is 0 Å². The molecule has 0 atom stereocenters. The van der Waals surface area contributed by atoms with Crippen LogP contribution in [0.25, 0.3) is 0 Å². The molecule has 0 aliphatic rings. The van der Waals surface area contributed by atoms with Crippen LogP contribution in [-0.4, -0.2) is 45.2 Å². The van der Waals surface area contributed by atoms with Crippen LogP contribution < -0.4 is 15.8 Å². The number of methoxy groups -OCH3 is 1. The standard InChI is InChI=1S/C13H18F2N2O3.ClH/c1-19-5-6-20-11-4-2-3-10(7-11)12(18)17-9-13(14,15)8-16;/h2-4,7H,5-6,8-9,16H2,1H3,(H,17,18);1H. The molecule has 0 radical (unpaired) electrons. The van der Waals surface area contributed by atoms with E-state index < -0.39 is 24.9 Å². The van der Waals surface area contributed by atoms with Crippen LogP contribution in [-0.2, 0) is 4.74 Å². The van der Waals surface area contributed by atoms with Gasteiger partial charge in [0.05, 0.1) is 19.7 Å². The van der Waals surface area contributed by atoms with Crippen LogP contribution in [0.15, 0.2) is 24.3 Å². The number of amides is 1. The van der Waals surface area contributed by atoms with E-state index in [4.69, 9.17) is 15.2 Å². The highest BCUT2D eigenvalue weighted by Gasteiger charge is 2.27. The fourth-order valence-electron chi connectivity index (χ4n) is 1.35. The molecular weight excluding hydrogens is 306 g/mol. The van der Waals surface area contributed by atoms with Crippen LogP contribution in [0.1, 0.15) is 10.4 Å². The summed E-state index contributed by atoms with van der Waals surface area (Å²) in [5.74, 6) is -3.24. The highest BCUT2D eigenvalue weighted by Crippen LogP contribution is 2.14. The van der Waals surface area contributed by atoms with E-state index in [9.17, 15) is 13.6 Å². The summed E-state index contributed by atoms with van der Waals surface area (Å²) >= 11 is 0. The summed E-state index contributed by atoms with van der Waals surface area (Å²) in [5, 5.41) is 2.14. The SMILES string of the molecule is COCCOc1cccc(C(=O)NCC(F)(F)CN)c1.Cl. The molecule has 0 fully saturated rings. The van der Waals surface area contributed by atoms with Gasteiger partial charge < -0.3 is 20.5 Å². The third kappa shape index (κ3) is 7.22. The van der Waals surface area contributed by atoms with Gasteiger partial charge in [-0.2, -0.15) is 0 Å². The van der Waals surface area contributed by atoms with Crippen molar-refractivity contribution in [2.45, 2.75) is 5.92 Å². The predicted molar refractivity (Wildman–Crippen MR) is 77.4 cm³/mol. The molecule has 0 heterocycles. The highest BCUT2D eigenvalue weighted by molar-refractivity contribution is 5.94. The van der Waals surface area contributed by atoms with E-state index in [-0.39, 0.29) is 18.0 Å². The summed E-state index contributed by atoms with van der Waals surface area (Å²) in [6.45, 7) is -0.851. The van der Waals surface area contributed by atoms with E-state index in [1.807, 2.05) is 0 Å². The number of alkyl halides is 2. The first-order valence-corrected chi connectivity index (χ1v) is 6.06. The summed E-state index contributed by atoms with van der Waals surface area (Å²) in [4.78, 5) is 11.7. The maximum atomic E-state index is 12.9. The quantitative estimate of drug-likeness (QED) is 0.710. The molecule has 0 aromatic heterocycles. The normalized spacial score (nSPS) is 10.7. The van der Waals surface area contributed by atoms with Gasteiger partial charge in [0.1, 0.15) is 12.4 Å². The van der Waals surface area contributed by atoms with Gasteiger partial charge in [-0.1, -0.05) is 6.07 Å². The predicted octanol–water partition coefficient (Wildman–Crippen LogP) is 1.46. The van der Waals surface area contributed by atoms with Crippen molar-refractivity contribution in [1.82, 2.24) is 5.32 Å². The van der Waals surface area contributed by atoms with Crippen LogP contribution >= 0.6 is 12.4 Å². The molecule has 3 N–H and O–H groups in total. The number of carbonyl (C=O) groups is 1. The van der Waals surface area contributed by atoms with Gasteiger partial charge in [-0.25, -0.2) is 8.78 Å². The minimum absolute atomic E-state index is 0. The molecule has 8 heteroatoms. The average Bonchev–Trinajstić information content (AvgIpc) is 2.45. The van der Waals surface area contributed by atoms with Crippen LogP contribution in [0.3, 0.4) is 0 Å². The van der Waals surface area contributed by atoms with Crippen molar-refractivity contribution >= 4 is 18.3 Å². The Hall–Kier alpha value is -1.44. The molecule has 0 bridgehead atoms. The van der Waals surface area contributed by atoms with Gasteiger partial charge in [0.15, 0.2) is 0 Å². The molecule has 0 aliphatic carbocycles. The Morgan fingerprint density at radius 3 is 2.71 bits per heavy atom. The minimum atomic E-state index is -3.11. The van der Waals surface area contributed by atoms with Crippen molar-refractivity contribution in [3.05, 3.63) is 29.8 Å². The Kier molecular flexibility index (Phi) is 8.84. The van der Waals surface area contributed by atoms with Crippen LogP contribution in [0.4, 0.5) is 8.78 Å². The number of rotatable bonds is 8. The lowest BCUT2D eigenvalue weighted by Crippen LogP contribution is -2.41. The summed E-state index contributed by atoms with van der Waals surface area (Å²) in [7, 11) is 1.55. The Morgan fingerprint density at radius 1 is 1.38 bits per heavy atom. The Labute approximate surface area is 128 Å². The van der Waals surface area contributed by atoms with Gasteiger partial charge in [0.2, 0.25) is 0 Å². The molecule has 0 saturated carbocycles. The average molecular weight is 325 g/mol. The molecular formula is C13H19ClF2N2O3. The van der Waals surface area contributed by atoms with Gasteiger partial charge in [-0.05, 0) is 18.2 Å². The van der Waals surface area contributed by atoms with Crippen molar-refractivity contribution in [2.75, 3.05) is 33.4 Å². The largest absolute Gasteiger partial charge is 0.491 e. The molecule has 0 aliphatic heterocycles. The van der Waals surface area contributed by atoms with Gasteiger partial charge in [-0.15, -0.1) is 12.4 Å². The van der Waals surface area contributed by atoms with E-state index in [1.54, 1.807) is 19.2 Å². The summed E-state index contributed by atoms with van der Waals surface area (Å²) in [5.41, 5.74) is 5.13. The zero-order valence-corrected chi connectivity index (χ0v) is 12.4. The molecule has 120 valence electrons. The number of hydrogen-bond donors (Lipinski definition) is 2. The zero-order valence-electron chi connectivity index (χ0n) is 11.6. The second kappa shape index (κ2) is 9.49. The van der Waals surface area contributed by atoms with Gasteiger partial charge in [-0.3, -0.25) is 4.79 Å². The second-order valence-corrected chi connectivity index (χ2v) is 4.11. The third-order valence-electron chi connectivity index (χ3n) is 2.46. The number of nitrogens with one attached hydrogen (secondary N) is 1. The summed E-state index contributed by atoms with van der Waals surface area (Å²) in [6.07, 6.45) is 0. The number of ether oxygens (including phenoxy) is 2. The van der Waals surface area contributed by atoms with E-state index in [0.29, 0.717) is 19.0 Å². The van der Waals surface area contributed by atoms with E-state index in [1.165, 1.54) is 12.1 Å². The first-order valence-electron chi connectivity index (χ1n) is 6.06. The van der Waals surface area contributed by atoms with Gasteiger partial charge in [0.25, 0.3) is 11.8 Å². The van der Waals surface area contributed by atoms with Crippen LogP contribution in [0.5, 0.6) is 5.75 Å². The Balaban J connectivity index is 0.00000400. The Bertz CT molecular complexity index is 447. The molecule has 0 saturated heterocycles. The monoisotopic (exact) mass is 324 g/mol. The molecule has 5 nitrogen and oxygen atoms in total. The van der Waals surface area contributed by atoms with Crippen molar-refractivity contribution in [2.24, 2.45) is 5.73 Å².